The first kappa shape index (κ1) is 15.9. The van der Waals surface area contributed by atoms with E-state index in [1.165, 1.54) is 17.1 Å². The molecule has 1 amide bonds. The van der Waals surface area contributed by atoms with Crippen LogP contribution in [0.2, 0.25) is 0 Å². The molecule has 0 unspecified atom stereocenters. The van der Waals surface area contributed by atoms with E-state index in [9.17, 15) is 13.2 Å². The molecule has 1 aromatic rings. The van der Waals surface area contributed by atoms with Gasteiger partial charge in [0.05, 0.1) is 6.20 Å². The zero-order chi connectivity index (χ0) is 15.5. The highest BCUT2D eigenvalue weighted by atomic mass is 32.2. The second kappa shape index (κ2) is 6.54. The molecule has 1 N–H and O–H groups in total. The van der Waals surface area contributed by atoms with Gasteiger partial charge in [-0.3, -0.25) is 14.4 Å². The zero-order valence-electron chi connectivity index (χ0n) is 12.3. The molecule has 0 aliphatic carbocycles. The van der Waals surface area contributed by atoms with Crippen LogP contribution < -0.4 is 4.72 Å². The normalized spacial score (nSPS) is 17.1. The van der Waals surface area contributed by atoms with Crippen molar-refractivity contribution in [2.45, 2.75) is 11.8 Å². The van der Waals surface area contributed by atoms with Crippen molar-refractivity contribution in [1.29, 1.82) is 0 Å². The molecule has 1 aliphatic heterocycles. The highest BCUT2D eigenvalue weighted by Crippen LogP contribution is 2.06. The van der Waals surface area contributed by atoms with Gasteiger partial charge in [-0.05, 0) is 0 Å². The molecule has 2 heterocycles. The maximum absolute atomic E-state index is 12.0. The summed E-state index contributed by atoms with van der Waals surface area (Å²) < 4.78 is 28.0. The van der Waals surface area contributed by atoms with E-state index in [1.807, 2.05) is 0 Å². The van der Waals surface area contributed by atoms with E-state index in [1.54, 1.807) is 18.9 Å². The van der Waals surface area contributed by atoms with Gasteiger partial charge in [0.1, 0.15) is 4.90 Å². The molecule has 0 bridgehead atoms. The number of rotatable bonds is 5. The van der Waals surface area contributed by atoms with Gasteiger partial charge in [-0.2, -0.15) is 5.10 Å². The van der Waals surface area contributed by atoms with Crippen molar-refractivity contribution in [1.82, 2.24) is 24.3 Å². The van der Waals surface area contributed by atoms with Crippen LogP contribution in [0.1, 0.15) is 6.92 Å². The maximum Gasteiger partial charge on any atom is 0.243 e. The van der Waals surface area contributed by atoms with Gasteiger partial charge >= 0.3 is 0 Å². The van der Waals surface area contributed by atoms with Crippen LogP contribution in [0.25, 0.3) is 0 Å². The number of carbonyl (C=O) groups is 1. The summed E-state index contributed by atoms with van der Waals surface area (Å²) in [4.78, 5) is 15.3. The second-order valence-electron chi connectivity index (χ2n) is 5.10. The van der Waals surface area contributed by atoms with E-state index in [0.29, 0.717) is 26.2 Å². The number of aryl methyl sites for hydroxylation is 1. The first-order valence-corrected chi connectivity index (χ1v) is 8.33. The Morgan fingerprint density at radius 1 is 1.33 bits per heavy atom. The van der Waals surface area contributed by atoms with Crippen LogP contribution in [0.3, 0.4) is 0 Å². The minimum absolute atomic E-state index is 0.0898. The van der Waals surface area contributed by atoms with Gasteiger partial charge in [0, 0.05) is 59.4 Å². The van der Waals surface area contributed by atoms with Gasteiger partial charge in [0.15, 0.2) is 0 Å². The van der Waals surface area contributed by atoms with Crippen LogP contribution in [-0.4, -0.2) is 73.2 Å². The monoisotopic (exact) mass is 315 g/mol. The molecule has 2 rings (SSSR count). The van der Waals surface area contributed by atoms with Crippen LogP contribution >= 0.6 is 0 Å². The Labute approximate surface area is 124 Å². The summed E-state index contributed by atoms with van der Waals surface area (Å²) >= 11 is 0. The van der Waals surface area contributed by atoms with E-state index in [-0.39, 0.29) is 10.8 Å². The number of hydrogen-bond donors (Lipinski definition) is 1. The lowest BCUT2D eigenvalue weighted by Gasteiger charge is -2.34. The molecule has 0 saturated carbocycles. The van der Waals surface area contributed by atoms with E-state index >= 15 is 0 Å². The summed E-state index contributed by atoms with van der Waals surface area (Å²) in [7, 11) is -1.81. The molecule has 8 nitrogen and oxygen atoms in total. The van der Waals surface area contributed by atoms with Crippen LogP contribution in [-0.2, 0) is 21.9 Å². The van der Waals surface area contributed by atoms with Crippen molar-refractivity contribution in [3.63, 3.8) is 0 Å². The van der Waals surface area contributed by atoms with E-state index in [0.717, 1.165) is 13.1 Å². The predicted molar refractivity (Wildman–Crippen MR) is 77.1 cm³/mol. The van der Waals surface area contributed by atoms with E-state index in [2.05, 4.69) is 14.7 Å². The second-order valence-corrected chi connectivity index (χ2v) is 6.86. The third kappa shape index (κ3) is 4.26. The fourth-order valence-corrected chi connectivity index (χ4v) is 3.25. The Balaban J connectivity index is 1.76. The smallest absolute Gasteiger partial charge is 0.243 e. The molecule has 0 spiro atoms. The van der Waals surface area contributed by atoms with Gasteiger partial charge < -0.3 is 4.90 Å². The van der Waals surface area contributed by atoms with Crippen molar-refractivity contribution in [3.05, 3.63) is 12.4 Å². The quantitative estimate of drug-likeness (QED) is 0.742. The number of carbonyl (C=O) groups excluding carboxylic acids is 1. The summed E-state index contributed by atoms with van der Waals surface area (Å²) in [6, 6.07) is 0. The molecule has 118 valence electrons. The fourth-order valence-electron chi connectivity index (χ4n) is 2.25. The van der Waals surface area contributed by atoms with Crippen LogP contribution in [0.15, 0.2) is 17.3 Å². The van der Waals surface area contributed by atoms with Gasteiger partial charge in [-0.25, -0.2) is 13.1 Å². The van der Waals surface area contributed by atoms with Gasteiger partial charge in [-0.15, -0.1) is 0 Å². The zero-order valence-corrected chi connectivity index (χ0v) is 13.1. The molecule has 9 heteroatoms. The SMILES string of the molecule is CC(=O)N1CCN(CCNS(=O)(=O)c2cnn(C)c2)CC1. The Kier molecular flexibility index (Phi) is 4.96. The molecule has 0 radical (unpaired) electrons. The average Bonchev–Trinajstić information content (AvgIpc) is 2.87. The molecular formula is C12H21N5O3S. The van der Waals surface area contributed by atoms with Crippen LogP contribution in [0.5, 0.6) is 0 Å². The lowest BCUT2D eigenvalue weighted by molar-refractivity contribution is -0.130. The number of aromatic nitrogens is 2. The number of amides is 1. The van der Waals surface area contributed by atoms with Crippen molar-refractivity contribution in [3.8, 4) is 0 Å². The number of hydrogen-bond acceptors (Lipinski definition) is 5. The first-order valence-electron chi connectivity index (χ1n) is 6.84. The Morgan fingerprint density at radius 3 is 2.52 bits per heavy atom. The molecule has 0 aromatic carbocycles. The van der Waals surface area contributed by atoms with Crippen LogP contribution in [0, 0.1) is 0 Å². The molecule has 1 aromatic heterocycles. The highest BCUT2D eigenvalue weighted by Gasteiger charge is 2.19. The lowest BCUT2D eigenvalue weighted by Crippen LogP contribution is -2.49. The molecule has 1 fully saturated rings. The molecule has 1 aliphatic rings. The minimum atomic E-state index is -3.49. The Morgan fingerprint density at radius 2 is 2.00 bits per heavy atom. The highest BCUT2D eigenvalue weighted by molar-refractivity contribution is 7.89. The van der Waals surface area contributed by atoms with E-state index in [4.69, 9.17) is 0 Å². The van der Waals surface area contributed by atoms with Gasteiger partial charge in [0.25, 0.3) is 0 Å². The Hall–Kier alpha value is -1.45. The summed E-state index contributed by atoms with van der Waals surface area (Å²) in [5.74, 6) is 0.0898. The van der Waals surface area contributed by atoms with Gasteiger partial charge in [0.2, 0.25) is 15.9 Å². The third-order valence-corrected chi connectivity index (χ3v) is 4.94. The third-order valence-electron chi connectivity index (χ3n) is 3.53. The summed E-state index contributed by atoms with van der Waals surface area (Å²) in [6.45, 7) is 5.48. The molecule has 0 atom stereocenters. The van der Waals surface area contributed by atoms with E-state index < -0.39 is 10.0 Å². The topological polar surface area (TPSA) is 87.5 Å². The number of nitrogens with zero attached hydrogens (tertiary/aromatic N) is 4. The Bertz CT molecular complexity index is 590. The number of sulfonamides is 1. The summed E-state index contributed by atoms with van der Waals surface area (Å²) in [6.07, 6.45) is 2.79. The number of nitrogens with one attached hydrogen (secondary N) is 1. The molecule has 21 heavy (non-hydrogen) atoms. The number of piperazine rings is 1. The maximum atomic E-state index is 12.0. The van der Waals surface area contributed by atoms with Crippen LogP contribution in [0.4, 0.5) is 0 Å². The van der Waals surface area contributed by atoms with Crippen molar-refractivity contribution in [2.24, 2.45) is 7.05 Å². The standard InChI is InChI=1S/C12H21N5O3S/c1-11(18)17-7-5-16(6-8-17)4-3-14-21(19,20)12-9-13-15(2)10-12/h9-10,14H,3-8H2,1-2H3. The predicted octanol–water partition coefficient (Wildman–Crippen LogP) is -1.14. The summed E-state index contributed by atoms with van der Waals surface area (Å²) in [5, 5.41) is 3.86. The molecule has 1 saturated heterocycles. The minimum Gasteiger partial charge on any atom is -0.340 e. The first-order chi connectivity index (χ1) is 9.88. The van der Waals surface area contributed by atoms with Crippen molar-refractivity contribution >= 4 is 15.9 Å². The van der Waals surface area contributed by atoms with Crippen molar-refractivity contribution < 1.29 is 13.2 Å². The molecular weight excluding hydrogens is 294 g/mol. The largest absolute Gasteiger partial charge is 0.340 e. The lowest BCUT2D eigenvalue weighted by atomic mass is 10.3. The average molecular weight is 315 g/mol. The summed E-state index contributed by atoms with van der Waals surface area (Å²) in [5.41, 5.74) is 0. The van der Waals surface area contributed by atoms with Gasteiger partial charge in [-0.1, -0.05) is 0 Å². The fraction of sp³-hybridized carbons (Fsp3) is 0.667. The van der Waals surface area contributed by atoms with Crippen molar-refractivity contribution in [2.75, 3.05) is 39.3 Å².